The van der Waals surface area contributed by atoms with Crippen molar-refractivity contribution in [3.05, 3.63) is 0 Å². The molecule has 1 N–H and O–H groups in total. The van der Waals surface area contributed by atoms with Gasteiger partial charge in [0.1, 0.15) is 19.6 Å². The minimum atomic E-state index is 0.245. The van der Waals surface area contributed by atoms with E-state index in [0.717, 1.165) is 32.6 Å². The van der Waals surface area contributed by atoms with Crippen molar-refractivity contribution in [2.45, 2.75) is 162 Å². The highest BCUT2D eigenvalue weighted by atomic mass is 16.1. The number of likely N-dealkylation sites (N-methyl/N-ethyl adjacent to an activating group) is 1. The van der Waals surface area contributed by atoms with Crippen molar-refractivity contribution in [3.63, 3.8) is 0 Å². The van der Waals surface area contributed by atoms with Crippen LogP contribution in [0.25, 0.3) is 0 Å². The Hall–Kier alpha value is -1.06. The summed E-state index contributed by atoms with van der Waals surface area (Å²) < 4.78 is 2.43. The summed E-state index contributed by atoms with van der Waals surface area (Å²) in [4.78, 5) is 14.8. The molecule has 0 spiro atoms. The first-order valence-corrected chi connectivity index (χ1v) is 16.3. The van der Waals surface area contributed by atoms with E-state index in [1.165, 1.54) is 141 Å². The molecule has 0 aromatic rings. The molecule has 1 heterocycles. The molecule has 0 saturated heterocycles. The number of rotatable bonds is 26. The zero-order valence-corrected chi connectivity index (χ0v) is 24.9. The van der Waals surface area contributed by atoms with Gasteiger partial charge in [-0.2, -0.15) is 0 Å². The molecule has 0 aromatic carbocycles. The second kappa shape index (κ2) is 24.3. The minimum absolute atomic E-state index is 0.245. The van der Waals surface area contributed by atoms with E-state index in [1.807, 2.05) is 0 Å². The average Bonchev–Trinajstić information content (AvgIpc) is 3.22. The Labute approximate surface area is 226 Å². The van der Waals surface area contributed by atoms with Gasteiger partial charge < -0.3 is 5.32 Å². The molecular formula is C32H64N3O+. The van der Waals surface area contributed by atoms with Gasteiger partial charge >= 0.3 is 0 Å². The van der Waals surface area contributed by atoms with Crippen molar-refractivity contribution in [1.82, 2.24) is 10.2 Å². The average molecular weight is 507 g/mol. The number of nitrogens with zero attached hydrogens (tertiary/aromatic N) is 2. The summed E-state index contributed by atoms with van der Waals surface area (Å²) in [5.41, 5.74) is 0. The summed E-state index contributed by atoms with van der Waals surface area (Å²) in [7, 11) is 2.23. The smallest absolute Gasteiger partial charge is 0.246 e. The lowest BCUT2D eigenvalue weighted by Crippen LogP contribution is -2.37. The van der Waals surface area contributed by atoms with Crippen LogP contribution in [-0.4, -0.2) is 54.4 Å². The van der Waals surface area contributed by atoms with Gasteiger partial charge in [-0.05, 0) is 12.8 Å². The Morgan fingerprint density at radius 1 is 0.694 bits per heavy atom. The number of amidine groups is 1. The third-order valence-corrected chi connectivity index (χ3v) is 7.98. The van der Waals surface area contributed by atoms with E-state index in [0.29, 0.717) is 6.42 Å². The van der Waals surface area contributed by atoms with Gasteiger partial charge in [0.05, 0.1) is 13.6 Å². The van der Waals surface area contributed by atoms with Crippen molar-refractivity contribution in [1.29, 1.82) is 0 Å². The third kappa shape index (κ3) is 18.2. The van der Waals surface area contributed by atoms with Crippen molar-refractivity contribution < 1.29 is 9.37 Å². The first-order valence-electron chi connectivity index (χ1n) is 16.3. The fourth-order valence-corrected chi connectivity index (χ4v) is 5.50. The maximum Gasteiger partial charge on any atom is 0.246 e. The molecular weight excluding hydrogens is 442 g/mol. The summed E-state index contributed by atoms with van der Waals surface area (Å²) in [5, 5.41) is 3.18. The molecule has 36 heavy (non-hydrogen) atoms. The van der Waals surface area contributed by atoms with Crippen molar-refractivity contribution >= 4 is 11.7 Å². The van der Waals surface area contributed by atoms with Gasteiger partial charge in [0.2, 0.25) is 11.7 Å². The Balaban J connectivity index is 1.98. The fourth-order valence-electron chi connectivity index (χ4n) is 5.50. The quantitative estimate of drug-likeness (QED) is 0.0943. The SMILES string of the molecule is CCCCCCCCCCCCCC(=O)NCCN1CC[N+](C)=C1CCCCCCCCCCCC. The monoisotopic (exact) mass is 507 g/mol. The molecule has 0 radical (unpaired) electrons. The third-order valence-electron chi connectivity index (χ3n) is 7.98. The van der Waals surface area contributed by atoms with E-state index in [-0.39, 0.29) is 5.91 Å². The molecule has 1 amide bonds. The van der Waals surface area contributed by atoms with Crippen LogP contribution in [0.4, 0.5) is 0 Å². The van der Waals surface area contributed by atoms with Crippen LogP contribution in [0.2, 0.25) is 0 Å². The molecule has 4 nitrogen and oxygen atoms in total. The normalized spacial score (nSPS) is 13.7. The van der Waals surface area contributed by atoms with E-state index >= 15 is 0 Å². The lowest BCUT2D eigenvalue weighted by atomic mass is 10.1. The van der Waals surface area contributed by atoms with Crippen molar-refractivity contribution in [3.8, 4) is 0 Å². The van der Waals surface area contributed by atoms with Gasteiger partial charge in [-0.3, -0.25) is 14.3 Å². The minimum Gasteiger partial charge on any atom is -0.352 e. The van der Waals surface area contributed by atoms with Crippen LogP contribution in [0.5, 0.6) is 0 Å². The molecule has 212 valence electrons. The van der Waals surface area contributed by atoms with Crippen LogP contribution < -0.4 is 5.32 Å². The molecule has 1 rings (SSSR count). The van der Waals surface area contributed by atoms with Crippen LogP contribution >= 0.6 is 0 Å². The largest absolute Gasteiger partial charge is 0.352 e. The number of amides is 1. The molecule has 1 aliphatic rings. The Morgan fingerprint density at radius 2 is 1.14 bits per heavy atom. The molecule has 0 unspecified atom stereocenters. The Morgan fingerprint density at radius 3 is 1.64 bits per heavy atom. The predicted octanol–water partition coefficient (Wildman–Crippen LogP) is 8.47. The maximum absolute atomic E-state index is 12.2. The molecule has 0 bridgehead atoms. The molecule has 0 aromatic heterocycles. The van der Waals surface area contributed by atoms with E-state index in [4.69, 9.17) is 0 Å². The fraction of sp³-hybridized carbons (Fsp3) is 0.938. The van der Waals surface area contributed by atoms with Gasteiger partial charge in [0.15, 0.2) is 0 Å². The Kier molecular flexibility index (Phi) is 22.2. The van der Waals surface area contributed by atoms with Gasteiger partial charge in [-0.1, -0.05) is 136 Å². The summed E-state index contributed by atoms with van der Waals surface area (Å²) in [6.45, 7) is 8.55. The number of hydrogen-bond acceptors (Lipinski definition) is 2. The first-order chi connectivity index (χ1) is 17.7. The van der Waals surface area contributed by atoms with E-state index in [1.54, 1.807) is 0 Å². The van der Waals surface area contributed by atoms with E-state index in [9.17, 15) is 4.79 Å². The molecule has 0 saturated carbocycles. The van der Waals surface area contributed by atoms with E-state index in [2.05, 4.69) is 35.7 Å². The topological polar surface area (TPSA) is 35.4 Å². The highest BCUT2D eigenvalue weighted by Crippen LogP contribution is 2.14. The van der Waals surface area contributed by atoms with Crippen molar-refractivity contribution in [2.24, 2.45) is 0 Å². The highest BCUT2D eigenvalue weighted by Gasteiger charge is 2.27. The zero-order chi connectivity index (χ0) is 26.1. The van der Waals surface area contributed by atoms with Gasteiger partial charge in [-0.15, -0.1) is 0 Å². The van der Waals surface area contributed by atoms with Gasteiger partial charge in [0, 0.05) is 12.8 Å². The van der Waals surface area contributed by atoms with Crippen LogP contribution in [0.15, 0.2) is 0 Å². The van der Waals surface area contributed by atoms with Crippen molar-refractivity contribution in [2.75, 3.05) is 33.2 Å². The second-order valence-electron chi connectivity index (χ2n) is 11.4. The van der Waals surface area contributed by atoms with Gasteiger partial charge in [-0.25, -0.2) is 0 Å². The standard InChI is InChI=1S/C32H63N3O/c1-4-6-8-10-12-14-16-17-19-21-23-25-31(36)33-27-28-35-30-29-34(3)32(35)26-24-22-20-18-15-13-11-9-7-5-2/h4-30H2,1-3H3/p+1. The van der Waals surface area contributed by atoms with Crippen LogP contribution in [0.1, 0.15) is 162 Å². The van der Waals surface area contributed by atoms with Crippen LogP contribution in [-0.2, 0) is 4.79 Å². The lowest BCUT2D eigenvalue weighted by Gasteiger charge is -2.14. The van der Waals surface area contributed by atoms with E-state index < -0.39 is 0 Å². The summed E-state index contributed by atoms with van der Waals surface area (Å²) in [6.07, 6.45) is 30.4. The zero-order valence-electron chi connectivity index (χ0n) is 24.9. The molecule has 0 fully saturated rings. The summed E-state index contributed by atoms with van der Waals surface area (Å²) in [5.74, 6) is 1.74. The molecule has 0 atom stereocenters. The summed E-state index contributed by atoms with van der Waals surface area (Å²) in [6, 6.07) is 0. The number of unbranched alkanes of at least 4 members (excludes halogenated alkanes) is 19. The molecule has 1 aliphatic heterocycles. The van der Waals surface area contributed by atoms with Gasteiger partial charge in [0.25, 0.3) is 0 Å². The number of nitrogens with one attached hydrogen (secondary N) is 1. The maximum atomic E-state index is 12.2. The highest BCUT2D eigenvalue weighted by molar-refractivity contribution is 5.78. The Bertz CT molecular complexity index is 546. The summed E-state index contributed by atoms with van der Waals surface area (Å²) >= 11 is 0. The van der Waals surface area contributed by atoms with Crippen LogP contribution in [0.3, 0.4) is 0 Å². The predicted molar refractivity (Wildman–Crippen MR) is 158 cm³/mol. The van der Waals surface area contributed by atoms with Crippen LogP contribution in [0, 0.1) is 0 Å². The molecule has 0 aliphatic carbocycles. The first kappa shape index (κ1) is 33.0. The number of carbonyl (C=O) groups is 1. The number of carbonyl (C=O) groups excluding carboxylic acids is 1. The second-order valence-corrected chi connectivity index (χ2v) is 11.4. The number of hydrogen-bond donors (Lipinski definition) is 1. The molecule has 4 heteroatoms. The lowest BCUT2D eigenvalue weighted by molar-refractivity contribution is -0.487.